The van der Waals surface area contributed by atoms with E-state index in [1.165, 1.54) is 16.0 Å². The average Bonchev–Trinajstić information content (AvgIpc) is 3.42. The summed E-state index contributed by atoms with van der Waals surface area (Å²) >= 11 is 1.49. The summed E-state index contributed by atoms with van der Waals surface area (Å²) in [6, 6.07) is 5.54. The second-order valence-electron chi connectivity index (χ2n) is 6.76. The van der Waals surface area contributed by atoms with E-state index in [4.69, 9.17) is 0 Å². The fraction of sp³-hybridized carbons (Fsp3) is 0.333. The van der Waals surface area contributed by atoms with Gasteiger partial charge in [0.05, 0.1) is 35.7 Å². The third-order valence-electron chi connectivity index (χ3n) is 4.89. The number of hydrogen-bond acceptors (Lipinski definition) is 6. The molecule has 0 aromatic carbocycles. The van der Waals surface area contributed by atoms with E-state index < -0.39 is 6.17 Å². The Bertz CT molecular complexity index is 1030. The zero-order valence-electron chi connectivity index (χ0n) is 16.0. The summed E-state index contributed by atoms with van der Waals surface area (Å²) in [4.78, 5) is 24.9. The van der Waals surface area contributed by atoms with Crippen LogP contribution in [0.1, 0.15) is 18.5 Å². The van der Waals surface area contributed by atoms with E-state index in [-0.39, 0.29) is 19.9 Å². The van der Waals surface area contributed by atoms with Crippen LogP contribution in [-0.2, 0) is 6.54 Å². The molecule has 0 spiro atoms. The van der Waals surface area contributed by atoms with Gasteiger partial charge in [0.1, 0.15) is 17.0 Å². The molecule has 2 aliphatic heterocycles. The molecule has 28 heavy (non-hydrogen) atoms. The van der Waals surface area contributed by atoms with Crippen molar-refractivity contribution in [2.75, 3.05) is 22.9 Å². The molecule has 5 heterocycles. The number of hydrogen-bond donors (Lipinski definition) is 0. The largest absolute Gasteiger partial charge is 1.00 e. The van der Waals surface area contributed by atoms with Crippen LogP contribution >= 0.6 is 11.3 Å². The SMILES string of the molecule is Cc1ncc(N2Cc3cc(-c4ccc(N5CC[C@@H](F)C5)nc4)nn3C2=O)s1.[Cl-].[H+]. The molecule has 1 saturated heterocycles. The number of anilines is 2. The first kappa shape index (κ1) is 18.8. The number of thiazole rings is 1. The number of halogens is 2. The molecular formula is C18H18ClFN6OS. The van der Waals surface area contributed by atoms with Gasteiger partial charge in [-0.3, -0.25) is 4.90 Å². The van der Waals surface area contributed by atoms with Crippen LogP contribution in [0.5, 0.6) is 0 Å². The number of aromatic nitrogens is 4. The highest BCUT2D eigenvalue weighted by Crippen LogP contribution is 2.31. The minimum absolute atomic E-state index is 0. The van der Waals surface area contributed by atoms with Crippen molar-refractivity contribution < 1.29 is 23.0 Å². The zero-order chi connectivity index (χ0) is 18.5. The van der Waals surface area contributed by atoms with Crippen LogP contribution in [0.25, 0.3) is 11.3 Å². The molecule has 0 aliphatic carbocycles. The highest BCUT2D eigenvalue weighted by Gasteiger charge is 2.31. The number of nitrogens with zero attached hydrogens (tertiary/aromatic N) is 6. The molecule has 0 radical (unpaired) electrons. The maximum Gasteiger partial charge on any atom is 1.00 e. The van der Waals surface area contributed by atoms with Crippen molar-refractivity contribution in [1.82, 2.24) is 19.7 Å². The van der Waals surface area contributed by atoms with Crippen LogP contribution in [0.3, 0.4) is 0 Å². The van der Waals surface area contributed by atoms with Gasteiger partial charge in [-0.25, -0.2) is 19.2 Å². The predicted octanol–water partition coefficient (Wildman–Crippen LogP) is 0.363. The van der Waals surface area contributed by atoms with E-state index in [0.29, 0.717) is 31.7 Å². The van der Waals surface area contributed by atoms with Crippen molar-refractivity contribution in [2.45, 2.75) is 26.1 Å². The number of carbonyl (C=O) groups is 1. The van der Waals surface area contributed by atoms with Crippen molar-refractivity contribution in [2.24, 2.45) is 0 Å². The van der Waals surface area contributed by atoms with Crippen LogP contribution < -0.4 is 22.2 Å². The molecule has 10 heteroatoms. The normalized spacial score (nSPS) is 18.5. The highest BCUT2D eigenvalue weighted by molar-refractivity contribution is 7.15. The van der Waals surface area contributed by atoms with Gasteiger partial charge in [0.2, 0.25) is 0 Å². The molecule has 2 aliphatic rings. The zero-order valence-corrected chi connectivity index (χ0v) is 16.6. The summed E-state index contributed by atoms with van der Waals surface area (Å²) in [6.45, 7) is 3.47. The topological polar surface area (TPSA) is 67.2 Å². The predicted molar refractivity (Wildman–Crippen MR) is 102 cm³/mol. The first-order valence-electron chi connectivity index (χ1n) is 8.77. The van der Waals surface area contributed by atoms with Gasteiger partial charge < -0.3 is 17.3 Å². The van der Waals surface area contributed by atoms with Crippen molar-refractivity contribution in [3.8, 4) is 11.3 Å². The van der Waals surface area contributed by atoms with Crippen molar-refractivity contribution in [1.29, 1.82) is 0 Å². The highest BCUT2D eigenvalue weighted by atomic mass is 35.5. The molecule has 146 valence electrons. The quantitative estimate of drug-likeness (QED) is 0.612. The lowest BCUT2D eigenvalue weighted by Gasteiger charge is -2.16. The Kier molecular flexibility index (Phi) is 4.80. The molecule has 1 atom stereocenters. The van der Waals surface area contributed by atoms with E-state index in [0.717, 1.165) is 27.1 Å². The van der Waals surface area contributed by atoms with Crippen LogP contribution in [0.4, 0.5) is 20.0 Å². The molecule has 0 bridgehead atoms. The number of pyridine rings is 1. The minimum Gasteiger partial charge on any atom is -1.00 e. The Labute approximate surface area is 172 Å². The van der Waals surface area contributed by atoms with Gasteiger partial charge in [0.15, 0.2) is 0 Å². The molecule has 1 amide bonds. The first-order chi connectivity index (χ1) is 13.1. The van der Waals surface area contributed by atoms with E-state index in [2.05, 4.69) is 15.1 Å². The maximum absolute atomic E-state index is 13.4. The fourth-order valence-electron chi connectivity index (χ4n) is 3.48. The molecular weight excluding hydrogens is 403 g/mol. The Morgan fingerprint density at radius 3 is 2.75 bits per heavy atom. The smallest absolute Gasteiger partial charge is 1.00 e. The summed E-state index contributed by atoms with van der Waals surface area (Å²) in [6.07, 6.45) is 3.22. The van der Waals surface area contributed by atoms with Crippen LogP contribution in [-0.4, -0.2) is 45.0 Å². The molecule has 1 fully saturated rings. The van der Waals surface area contributed by atoms with Crippen LogP contribution in [0.2, 0.25) is 0 Å². The van der Waals surface area contributed by atoms with E-state index in [1.807, 2.05) is 30.0 Å². The Morgan fingerprint density at radius 2 is 2.14 bits per heavy atom. The van der Waals surface area contributed by atoms with Gasteiger partial charge in [0.25, 0.3) is 0 Å². The fourth-order valence-corrected chi connectivity index (χ4v) is 4.25. The lowest BCUT2D eigenvalue weighted by molar-refractivity contribution is -0.00000932. The van der Waals surface area contributed by atoms with Gasteiger partial charge in [-0.1, -0.05) is 0 Å². The number of carbonyl (C=O) groups excluding carboxylic acids is 1. The molecule has 0 N–H and O–H groups in total. The van der Waals surface area contributed by atoms with E-state index >= 15 is 0 Å². The third kappa shape index (κ3) is 3.14. The lowest BCUT2D eigenvalue weighted by atomic mass is 10.2. The monoisotopic (exact) mass is 420 g/mol. The number of fused-ring (bicyclic) bond motifs is 1. The third-order valence-corrected chi connectivity index (χ3v) is 5.82. The molecule has 0 saturated carbocycles. The van der Waals surface area contributed by atoms with Gasteiger partial charge in [-0.15, -0.1) is 11.3 Å². The Hall–Kier alpha value is -2.52. The molecule has 3 aromatic heterocycles. The summed E-state index contributed by atoms with van der Waals surface area (Å²) in [5.41, 5.74) is 2.39. The minimum atomic E-state index is -0.779. The summed E-state index contributed by atoms with van der Waals surface area (Å²) in [5.74, 6) is 0.772. The molecule has 0 unspecified atom stereocenters. The van der Waals surface area contributed by atoms with Gasteiger partial charge in [-0.05, 0) is 31.5 Å². The Morgan fingerprint density at radius 1 is 1.29 bits per heavy atom. The first-order valence-corrected chi connectivity index (χ1v) is 9.59. The van der Waals surface area contributed by atoms with Crippen molar-refractivity contribution in [3.63, 3.8) is 0 Å². The summed E-state index contributed by atoms with van der Waals surface area (Å²) in [7, 11) is 0. The summed E-state index contributed by atoms with van der Waals surface area (Å²) in [5, 5.41) is 6.21. The van der Waals surface area contributed by atoms with Gasteiger partial charge in [0, 0.05) is 18.3 Å². The van der Waals surface area contributed by atoms with Gasteiger partial charge >= 0.3 is 7.46 Å². The average molecular weight is 421 g/mol. The number of amides is 1. The van der Waals surface area contributed by atoms with Crippen LogP contribution in [0.15, 0.2) is 30.6 Å². The second-order valence-corrected chi connectivity index (χ2v) is 7.97. The maximum atomic E-state index is 13.4. The second kappa shape index (κ2) is 7.14. The number of aryl methyl sites for hydroxylation is 1. The number of rotatable bonds is 3. The standard InChI is InChI=1S/C18H17FN6OS.ClH/c1-11-20-8-17(27-11)24-10-14-6-15(22-25(14)18(24)26)12-2-3-16(21-7-12)23-5-4-13(19)9-23;/h2-3,6-8,13H,4-5,9-10H2,1H3;1H/t13-;/m1./s1. The lowest BCUT2D eigenvalue weighted by Crippen LogP contribution is -3.00. The number of alkyl halides is 1. The molecule has 5 rings (SSSR count). The van der Waals surface area contributed by atoms with E-state index in [9.17, 15) is 9.18 Å². The van der Waals surface area contributed by atoms with E-state index in [1.54, 1.807) is 17.3 Å². The Balaban J connectivity index is 0.00000120. The van der Waals surface area contributed by atoms with Crippen molar-refractivity contribution in [3.05, 3.63) is 41.3 Å². The molecule has 3 aromatic rings. The molecule has 7 nitrogen and oxygen atoms in total. The van der Waals surface area contributed by atoms with Crippen molar-refractivity contribution >= 4 is 28.2 Å². The summed E-state index contributed by atoms with van der Waals surface area (Å²) < 4.78 is 14.8. The van der Waals surface area contributed by atoms with Crippen LogP contribution in [0, 0.1) is 6.92 Å². The van der Waals surface area contributed by atoms with Gasteiger partial charge in [-0.2, -0.15) is 9.78 Å².